The van der Waals surface area contributed by atoms with Gasteiger partial charge in [0.15, 0.2) is 6.10 Å². The molecule has 0 fully saturated rings. The molecule has 3 rings (SSSR count). The van der Waals surface area contributed by atoms with Gasteiger partial charge in [0.25, 0.3) is 5.91 Å². The highest BCUT2D eigenvalue weighted by Crippen LogP contribution is 2.29. The minimum atomic E-state index is -3.63. The van der Waals surface area contributed by atoms with Crippen molar-refractivity contribution in [3.63, 3.8) is 0 Å². The summed E-state index contributed by atoms with van der Waals surface area (Å²) in [4.78, 5) is 25.5. The molecule has 206 valence electrons. The van der Waals surface area contributed by atoms with Gasteiger partial charge in [-0.15, -0.1) is 6.58 Å². The predicted molar refractivity (Wildman–Crippen MR) is 151 cm³/mol. The molecular weight excluding hydrogens is 518 g/mol. The van der Waals surface area contributed by atoms with Gasteiger partial charge in [-0.2, -0.15) is 8.42 Å². The van der Waals surface area contributed by atoms with Crippen LogP contribution in [0.3, 0.4) is 0 Å². The summed E-state index contributed by atoms with van der Waals surface area (Å²) in [5, 5.41) is 2.94. The summed E-state index contributed by atoms with van der Waals surface area (Å²) >= 11 is 0. The minimum Gasteiger partial charge on any atom is -0.464 e. The molecule has 0 aliphatic carbocycles. The molecule has 0 spiro atoms. The van der Waals surface area contributed by atoms with Crippen molar-refractivity contribution >= 4 is 27.7 Å². The van der Waals surface area contributed by atoms with Crippen LogP contribution in [0.15, 0.2) is 79.4 Å². The number of ether oxygens (including phenoxy) is 2. The number of rotatable bonds is 13. The maximum absolute atomic E-state index is 13.3. The minimum absolute atomic E-state index is 0.207. The Hall–Kier alpha value is -3.95. The number of allylic oxidation sites excluding steroid dienone is 1. The van der Waals surface area contributed by atoms with Gasteiger partial charge in [0.05, 0.1) is 12.9 Å². The van der Waals surface area contributed by atoms with Crippen LogP contribution in [0.5, 0.6) is 5.75 Å². The average molecular weight is 552 g/mol. The number of benzene rings is 3. The van der Waals surface area contributed by atoms with Crippen molar-refractivity contribution in [3.8, 4) is 16.9 Å². The van der Waals surface area contributed by atoms with Crippen LogP contribution in [0.4, 0.5) is 5.69 Å². The van der Waals surface area contributed by atoms with E-state index in [1.54, 1.807) is 61.5 Å². The molecule has 0 aliphatic rings. The van der Waals surface area contributed by atoms with Crippen LogP contribution in [0.1, 0.15) is 35.3 Å². The molecule has 3 aromatic rings. The predicted octanol–water partition coefficient (Wildman–Crippen LogP) is 5.18. The lowest BCUT2D eigenvalue weighted by atomic mass is 9.92. The highest BCUT2D eigenvalue weighted by molar-refractivity contribution is 7.86. The van der Waals surface area contributed by atoms with E-state index in [4.69, 9.17) is 13.7 Å². The third kappa shape index (κ3) is 8.53. The van der Waals surface area contributed by atoms with Gasteiger partial charge in [-0.1, -0.05) is 42.5 Å². The fraction of sp³-hybridized carbons (Fsp3) is 0.267. The molecule has 0 aromatic heterocycles. The lowest BCUT2D eigenvalue weighted by Crippen LogP contribution is -2.29. The molecule has 0 unspecified atom stereocenters. The molecule has 0 saturated carbocycles. The lowest BCUT2D eigenvalue weighted by Gasteiger charge is -2.16. The van der Waals surface area contributed by atoms with E-state index in [0.717, 1.165) is 28.5 Å². The van der Waals surface area contributed by atoms with Crippen molar-refractivity contribution in [2.75, 3.05) is 24.8 Å². The van der Waals surface area contributed by atoms with Crippen molar-refractivity contribution in [2.45, 2.75) is 32.8 Å². The van der Waals surface area contributed by atoms with Gasteiger partial charge >= 0.3 is 16.1 Å². The van der Waals surface area contributed by atoms with E-state index in [2.05, 4.69) is 11.9 Å². The van der Waals surface area contributed by atoms with Crippen LogP contribution in [0, 0.1) is 0 Å². The second-order valence-corrected chi connectivity index (χ2v) is 10.3. The normalized spacial score (nSPS) is 11.9. The fourth-order valence-electron chi connectivity index (χ4n) is 4.08. The summed E-state index contributed by atoms with van der Waals surface area (Å²) in [5.74, 6) is -0.472. The van der Waals surface area contributed by atoms with Crippen LogP contribution in [0.2, 0.25) is 0 Å². The summed E-state index contributed by atoms with van der Waals surface area (Å²) < 4.78 is 38.4. The number of nitrogens with one attached hydrogen (secondary N) is 1. The van der Waals surface area contributed by atoms with Crippen molar-refractivity contribution in [1.82, 2.24) is 0 Å². The van der Waals surface area contributed by atoms with Gasteiger partial charge in [0.2, 0.25) is 0 Å². The summed E-state index contributed by atoms with van der Waals surface area (Å²) in [7, 11) is -3.63. The Labute approximate surface area is 229 Å². The first kappa shape index (κ1) is 29.6. The monoisotopic (exact) mass is 551 g/mol. The quantitative estimate of drug-likeness (QED) is 0.177. The molecule has 1 N–H and O–H groups in total. The largest absolute Gasteiger partial charge is 0.464 e. The molecule has 0 heterocycles. The summed E-state index contributed by atoms with van der Waals surface area (Å²) in [6, 6.07) is 19.3. The molecule has 8 nitrogen and oxygen atoms in total. The third-order valence-corrected chi connectivity index (χ3v) is 6.23. The van der Waals surface area contributed by atoms with Gasteiger partial charge < -0.3 is 19.0 Å². The molecule has 0 radical (unpaired) electrons. The third-order valence-electron chi connectivity index (χ3n) is 5.73. The van der Waals surface area contributed by atoms with E-state index >= 15 is 0 Å². The second kappa shape index (κ2) is 13.7. The van der Waals surface area contributed by atoms with Crippen LogP contribution in [-0.2, 0) is 37.2 Å². The Kier molecular flexibility index (Phi) is 10.4. The van der Waals surface area contributed by atoms with E-state index in [-0.39, 0.29) is 18.3 Å². The van der Waals surface area contributed by atoms with Gasteiger partial charge in [-0.05, 0) is 72.9 Å². The van der Waals surface area contributed by atoms with Gasteiger partial charge in [-0.3, -0.25) is 4.79 Å². The van der Waals surface area contributed by atoms with E-state index < -0.39 is 22.2 Å². The zero-order chi connectivity index (χ0) is 28.4. The van der Waals surface area contributed by atoms with Crippen molar-refractivity contribution in [3.05, 3.63) is 96.1 Å². The molecule has 0 aliphatic heterocycles. The second-order valence-electron chi connectivity index (χ2n) is 8.69. The van der Waals surface area contributed by atoms with Gasteiger partial charge in [-0.25, -0.2) is 4.79 Å². The average Bonchev–Trinajstić information content (AvgIpc) is 2.89. The van der Waals surface area contributed by atoms with Gasteiger partial charge in [0.1, 0.15) is 5.75 Å². The van der Waals surface area contributed by atoms with E-state index in [0.29, 0.717) is 30.7 Å². The number of carbonyl (C=O) groups excluding carboxylic acids is 2. The number of esters is 1. The van der Waals surface area contributed by atoms with E-state index in [1.165, 1.54) is 0 Å². The van der Waals surface area contributed by atoms with Crippen molar-refractivity contribution < 1.29 is 31.7 Å². The number of anilines is 1. The molecular formula is C30H33NO7S. The molecule has 3 aromatic carbocycles. The summed E-state index contributed by atoms with van der Waals surface area (Å²) in [6.07, 6.45) is 2.84. The molecule has 1 atom stereocenters. The number of hydrogen-bond donors (Lipinski definition) is 1. The molecule has 0 bridgehead atoms. The Balaban J connectivity index is 1.80. The van der Waals surface area contributed by atoms with Crippen LogP contribution in [-0.4, -0.2) is 45.9 Å². The van der Waals surface area contributed by atoms with Crippen LogP contribution in [0.25, 0.3) is 11.1 Å². The zero-order valence-electron chi connectivity index (χ0n) is 22.3. The first-order valence-electron chi connectivity index (χ1n) is 12.6. The highest BCUT2D eigenvalue weighted by Gasteiger charge is 2.21. The molecule has 0 saturated heterocycles. The molecule has 1 amide bonds. The topological polar surface area (TPSA) is 108 Å². The van der Waals surface area contributed by atoms with E-state index in [9.17, 15) is 18.0 Å². The maximum Gasteiger partial charge on any atom is 0.335 e. The van der Waals surface area contributed by atoms with Crippen molar-refractivity contribution in [2.24, 2.45) is 0 Å². The Morgan fingerprint density at radius 2 is 1.67 bits per heavy atom. The lowest BCUT2D eigenvalue weighted by molar-refractivity contribution is -0.156. The summed E-state index contributed by atoms with van der Waals surface area (Å²) in [6.45, 7) is 8.09. The Morgan fingerprint density at radius 1 is 0.974 bits per heavy atom. The summed E-state index contributed by atoms with van der Waals surface area (Å²) in [5.41, 5.74) is 4.38. The molecule has 9 heteroatoms. The Morgan fingerprint density at radius 3 is 2.26 bits per heavy atom. The number of carbonyl (C=O) groups is 2. The number of hydrogen-bond acceptors (Lipinski definition) is 7. The van der Waals surface area contributed by atoms with Crippen molar-refractivity contribution in [1.29, 1.82) is 0 Å². The fourth-order valence-corrected chi connectivity index (χ4v) is 4.54. The van der Waals surface area contributed by atoms with Crippen LogP contribution >= 0.6 is 0 Å². The zero-order valence-corrected chi connectivity index (χ0v) is 23.1. The number of amides is 1. The standard InChI is InChI=1S/C30H33NO7S/c1-5-9-26-25(22-14-18-24(19-15-22)38-39(4,34)35)10-8-11-27(26)29(32)31-23-16-12-21(13-17-23)20-28(36-6-2)30(33)37-7-3/h5,8,10-19,28H,1,6-7,9,20H2,2-4H3,(H,31,32)/t28-/m0/s1. The maximum atomic E-state index is 13.3. The first-order valence-corrected chi connectivity index (χ1v) is 14.4. The smallest absolute Gasteiger partial charge is 0.335 e. The first-order chi connectivity index (χ1) is 18.6. The van der Waals surface area contributed by atoms with Crippen LogP contribution < -0.4 is 9.50 Å². The highest BCUT2D eigenvalue weighted by atomic mass is 32.2. The van der Waals surface area contributed by atoms with E-state index in [1.807, 2.05) is 25.1 Å². The Bertz CT molecular complexity index is 1400. The SMILES string of the molecule is C=CCc1c(C(=O)Nc2ccc(C[C@H](OCC)C(=O)OCC)cc2)cccc1-c1ccc(OS(C)(=O)=O)cc1. The van der Waals surface area contributed by atoms with Gasteiger partial charge in [0, 0.05) is 24.3 Å². The molecule has 39 heavy (non-hydrogen) atoms.